The van der Waals surface area contributed by atoms with Crippen molar-refractivity contribution in [3.05, 3.63) is 78.4 Å². The predicted molar refractivity (Wildman–Crippen MR) is 120 cm³/mol. The lowest BCUT2D eigenvalue weighted by Gasteiger charge is -2.21. The number of fused-ring (bicyclic) bond motifs is 1. The molecule has 0 radical (unpaired) electrons. The topological polar surface area (TPSA) is 84.5 Å². The molecule has 0 aliphatic heterocycles. The summed E-state index contributed by atoms with van der Waals surface area (Å²) in [5.74, 6) is -1.55. The fraction of sp³-hybridized carbons (Fsp3) is 0.240. The van der Waals surface area contributed by atoms with Gasteiger partial charge in [-0.1, -0.05) is 74.5 Å². The van der Waals surface area contributed by atoms with Crippen LogP contribution in [0.3, 0.4) is 0 Å². The molecule has 160 valence electrons. The van der Waals surface area contributed by atoms with E-state index in [0.29, 0.717) is 5.69 Å². The first-order valence-electron chi connectivity index (χ1n) is 10.2. The number of hydrogen-bond acceptors (Lipinski definition) is 4. The number of rotatable bonds is 8. The van der Waals surface area contributed by atoms with Gasteiger partial charge < -0.3 is 15.4 Å². The van der Waals surface area contributed by atoms with Crippen molar-refractivity contribution in [2.24, 2.45) is 5.92 Å². The summed E-state index contributed by atoms with van der Waals surface area (Å²) in [5, 5.41) is 7.46. The highest BCUT2D eigenvalue weighted by Crippen LogP contribution is 2.19. The highest BCUT2D eigenvalue weighted by atomic mass is 16.5. The molecular formula is C25H26N2O4. The lowest BCUT2D eigenvalue weighted by molar-refractivity contribution is -0.151. The van der Waals surface area contributed by atoms with E-state index in [1.165, 1.54) is 0 Å². The van der Waals surface area contributed by atoms with Gasteiger partial charge in [-0.3, -0.25) is 9.59 Å². The number of hydrogen-bond donors (Lipinski definition) is 2. The minimum absolute atomic E-state index is 0.145. The first kappa shape index (κ1) is 22.0. The highest BCUT2D eigenvalue weighted by molar-refractivity contribution is 5.94. The lowest BCUT2D eigenvalue weighted by Crippen LogP contribution is -2.46. The number of nitrogens with one attached hydrogen (secondary N) is 2. The van der Waals surface area contributed by atoms with Crippen molar-refractivity contribution in [1.82, 2.24) is 5.32 Å². The summed E-state index contributed by atoms with van der Waals surface area (Å²) >= 11 is 0. The molecule has 0 bridgehead atoms. The number of carbonyl (C=O) groups is 3. The molecule has 3 aromatic rings. The molecular weight excluding hydrogens is 392 g/mol. The van der Waals surface area contributed by atoms with Gasteiger partial charge in [-0.25, -0.2) is 4.79 Å². The normalized spacial score (nSPS) is 11.7. The van der Waals surface area contributed by atoms with Crippen molar-refractivity contribution in [3.8, 4) is 0 Å². The van der Waals surface area contributed by atoms with Crippen molar-refractivity contribution in [2.75, 3.05) is 11.9 Å². The zero-order chi connectivity index (χ0) is 22.2. The fourth-order valence-electron chi connectivity index (χ4n) is 3.29. The summed E-state index contributed by atoms with van der Waals surface area (Å²) in [6.07, 6.45) is 0.145. The van der Waals surface area contributed by atoms with Crippen LogP contribution in [0.25, 0.3) is 10.8 Å². The van der Waals surface area contributed by atoms with Crippen molar-refractivity contribution in [2.45, 2.75) is 26.3 Å². The molecule has 31 heavy (non-hydrogen) atoms. The minimum atomic E-state index is -0.841. The van der Waals surface area contributed by atoms with E-state index in [9.17, 15) is 14.4 Å². The standard InChI is InChI=1S/C25H26N2O4/c1-17(2)24(25(30)31-16-23(29)26-20-12-4-3-5-13-20)27-22(28)15-19-11-8-10-18-9-6-7-14-21(18)19/h3-14,17,24H,15-16H2,1-2H3,(H,26,29)(H,27,28)/t24-/m0/s1. The second-order valence-electron chi connectivity index (χ2n) is 7.63. The van der Waals surface area contributed by atoms with Gasteiger partial charge in [0.05, 0.1) is 6.42 Å². The van der Waals surface area contributed by atoms with Crippen LogP contribution < -0.4 is 10.6 Å². The summed E-state index contributed by atoms with van der Waals surface area (Å²) in [6, 6.07) is 21.7. The summed E-state index contributed by atoms with van der Waals surface area (Å²) in [5.41, 5.74) is 1.50. The average molecular weight is 418 g/mol. The fourth-order valence-corrected chi connectivity index (χ4v) is 3.29. The molecule has 6 heteroatoms. The van der Waals surface area contributed by atoms with Crippen molar-refractivity contribution >= 4 is 34.2 Å². The Bertz CT molecular complexity index is 1060. The molecule has 3 aromatic carbocycles. The van der Waals surface area contributed by atoms with E-state index < -0.39 is 24.5 Å². The zero-order valence-electron chi connectivity index (χ0n) is 17.6. The van der Waals surface area contributed by atoms with Crippen LogP contribution in [-0.4, -0.2) is 30.4 Å². The van der Waals surface area contributed by atoms with E-state index >= 15 is 0 Å². The number of amides is 2. The van der Waals surface area contributed by atoms with Gasteiger partial charge in [0.25, 0.3) is 5.91 Å². The average Bonchev–Trinajstić information content (AvgIpc) is 2.76. The summed E-state index contributed by atoms with van der Waals surface area (Å²) in [6.45, 7) is 3.21. The molecule has 0 saturated heterocycles. The maximum Gasteiger partial charge on any atom is 0.329 e. The summed E-state index contributed by atoms with van der Waals surface area (Å²) in [7, 11) is 0. The summed E-state index contributed by atoms with van der Waals surface area (Å²) in [4.78, 5) is 37.2. The van der Waals surface area contributed by atoms with E-state index in [4.69, 9.17) is 4.74 Å². The molecule has 2 N–H and O–H groups in total. The molecule has 0 spiro atoms. The quantitative estimate of drug-likeness (QED) is 0.546. The van der Waals surface area contributed by atoms with Crippen LogP contribution in [-0.2, 0) is 25.5 Å². The number of para-hydroxylation sites is 1. The molecule has 0 aliphatic carbocycles. The molecule has 2 amide bonds. The van der Waals surface area contributed by atoms with Crippen molar-refractivity contribution in [3.63, 3.8) is 0 Å². The van der Waals surface area contributed by atoms with E-state index in [1.807, 2.05) is 62.4 Å². The Kier molecular flexibility index (Phi) is 7.38. The van der Waals surface area contributed by atoms with Gasteiger partial charge >= 0.3 is 5.97 Å². The van der Waals surface area contributed by atoms with Gasteiger partial charge in [0, 0.05) is 5.69 Å². The van der Waals surface area contributed by atoms with Crippen LogP contribution >= 0.6 is 0 Å². The monoisotopic (exact) mass is 418 g/mol. The van der Waals surface area contributed by atoms with Gasteiger partial charge in [-0.2, -0.15) is 0 Å². The Morgan fingerprint density at radius 1 is 0.839 bits per heavy atom. The minimum Gasteiger partial charge on any atom is -0.454 e. The Balaban J connectivity index is 1.57. The maximum absolute atomic E-state index is 12.7. The van der Waals surface area contributed by atoms with E-state index in [2.05, 4.69) is 10.6 Å². The third-order valence-electron chi connectivity index (χ3n) is 4.87. The van der Waals surface area contributed by atoms with E-state index in [0.717, 1.165) is 16.3 Å². The van der Waals surface area contributed by atoms with Gasteiger partial charge in [0.2, 0.25) is 5.91 Å². The smallest absolute Gasteiger partial charge is 0.329 e. The Hall–Kier alpha value is -3.67. The van der Waals surface area contributed by atoms with Crippen molar-refractivity contribution in [1.29, 1.82) is 0 Å². The van der Waals surface area contributed by atoms with Crippen LogP contribution in [0.15, 0.2) is 72.8 Å². The second kappa shape index (κ2) is 10.4. The SMILES string of the molecule is CC(C)[C@H](NC(=O)Cc1cccc2ccccc12)C(=O)OCC(=O)Nc1ccccc1. The van der Waals surface area contributed by atoms with E-state index in [-0.39, 0.29) is 18.2 Å². The number of carbonyl (C=O) groups excluding carboxylic acids is 3. The molecule has 0 saturated carbocycles. The number of anilines is 1. The first-order valence-corrected chi connectivity index (χ1v) is 10.2. The molecule has 0 aromatic heterocycles. The molecule has 1 atom stereocenters. The molecule has 0 unspecified atom stereocenters. The molecule has 0 fully saturated rings. The third-order valence-corrected chi connectivity index (χ3v) is 4.87. The lowest BCUT2D eigenvalue weighted by atomic mass is 10.0. The van der Waals surface area contributed by atoms with Crippen LogP contribution in [0.5, 0.6) is 0 Å². The van der Waals surface area contributed by atoms with Gasteiger partial charge in [0.1, 0.15) is 6.04 Å². The largest absolute Gasteiger partial charge is 0.454 e. The number of esters is 1. The third kappa shape index (κ3) is 6.15. The summed E-state index contributed by atoms with van der Waals surface area (Å²) < 4.78 is 5.16. The predicted octanol–water partition coefficient (Wildman–Crippen LogP) is 3.71. The van der Waals surface area contributed by atoms with Gasteiger partial charge in [-0.15, -0.1) is 0 Å². The maximum atomic E-state index is 12.7. The first-order chi connectivity index (χ1) is 14.9. The number of benzene rings is 3. The van der Waals surface area contributed by atoms with Gasteiger partial charge in [-0.05, 0) is 34.4 Å². The highest BCUT2D eigenvalue weighted by Gasteiger charge is 2.26. The number of ether oxygens (including phenoxy) is 1. The van der Waals surface area contributed by atoms with Crippen LogP contribution in [0.1, 0.15) is 19.4 Å². The molecule has 3 rings (SSSR count). The van der Waals surface area contributed by atoms with Crippen LogP contribution in [0, 0.1) is 5.92 Å². The zero-order valence-corrected chi connectivity index (χ0v) is 17.6. The molecule has 0 heterocycles. The molecule has 0 aliphatic rings. The second-order valence-corrected chi connectivity index (χ2v) is 7.63. The van der Waals surface area contributed by atoms with Crippen molar-refractivity contribution < 1.29 is 19.1 Å². The van der Waals surface area contributed by atoms with Crippen LogP contribution in [0.4, 0.5) is 5.69 Å². The Morgan fingerprint density at radius 2 is 1.52 bits per heavy atom. The van der Waals surface area contributed by atoms with E-state index in [1.54, 1.807) is 24.3 Å². The van der Waals surface area contributed by atoms with Gasteiger partial charge in [0.15, 0.2) is 6.61 Å². The Morgan fingerprint density at radius 3 is 2.26 bits per heavy atom. The van der Waals surface area contributed by atoms with Crippen LogP contribution in [0.2, 0.25) is 0 Å². The molecule has 6 nitrogen and oxygen atoms in total. The Labute approximate surface area is 181 Å².